The molecule has 0 amide bonds. The van der Waals surface area contributed by atoms with Crippen LogP contribution in [-0.2, 0) is 6.54 Å². The Labute approximate surface area is 123 Å². The van der Waals surface area contributed by atoms with E-state index >= 15 is 0 Å². The van der Waals surface area contributed by atoms with Crippen LogP contribution < -0.4 is 5.32 Å². The van der Waals surface area contributed by atoms with Crippen LogP contribution >= 0.6 is 0 Å². The van der Waals surface area contributed by atoms with Gasteiger partial charge in [0.05, 0.1) is 0 Å². The maximum Gasteiger partial charge on any atom is 0.0372 e. The quantitative estimate of drug-likeness (QED) is 0.895. The lowest BCUT2D eigenvalue weighted by Crippen LogP contribution is -2.53. The summed E-state index contributed by atoms with van der Waals surface area (Å²) in [5.74, 6) is 0.703. The molecule has 0 aliphatic carbocycles. The van der Waals surface area contributed by atoms with E-state index in [4.69, 9.17) is 0 Å². The van der Waals surface area contributed by atoms with Gasteiger partial charge in [0.2, 0.25) is 0 Å². The van der Waals surface area contributed by atoms with Crippen LogP contribution in [0.15, 0.2) is 18.3 Å². The van der Waals surface area contributed by atoms with Crippen LogP contribution in [0, 0.1) is 12.8 Å². The van der Waals surface area contributed by atoms with Crippen LogP contribution in [0.25, 0.3) is 0 Å². The Bertz CT molecular complexity index is 401. The third-order valence-corrected chi connectivity index (χ3v) is 4.71. The molecule has 0 radical (unpaired) electrons. The first-order valence-electron chi connectivity index (χ1n) is 8.00. The molecule has 0 aromatic carbocycles. The number of hydrogen-bond acceptors (Lipinski definition) is 3. The van der Waals surface area contributed by atoms with Gasteiger partial charge in [-0.05, 0) is 50.8 Å². The van der Waals surface area contributed by atoms with Crippen LogP contribution in [0.3, 0.4) is 0 Å². The van der Waals surface area contributed by atoms with E-state index in [9.17, 15) is 0 Å². The van der Waals surface area contributed by atoms with Crippen LogP contribution in [0.5, 0.6) is 0 Å². The molecule has 0 spiro atoms. The molecule has 1 aliphatic rings. The molecule has 1 N–H and O–H groups in total. The summed E-state index contributed by atoms with van der Waals surface area (Å²) in [6.45, 7) is 12.4. The van der Waals surface area contributed by atoms with Crippen LogP contribution in [0.2, 0.25) is 0 Å². The van der Waals surface area contributed by atoms with Gasteiger partial charge in [0.1, 0.15) is 0 Å². The number of aromatic nitrogens is 1. The van der Waals surface area contributed by atoms with Crippen molar-refractivity contribution in [3.05, 3.63) is 29.6 Å². The molecule has 3 nitrogen and oxygen atoms in total. The van der Waals surface area contributed by atoms with Gasteiger partial charge in [-0.2, -0.15) is 0 Å². The van der Waals surface area contributed by atoms with Gasteiger partial charge in [0, 0.05) is 37.1 Å². The zero-order valence-electron chi connectivity index (χ0n) is 13.4. The van der Waals surface area contributed by atoms with Crippen molar-refractivity contribution in [3.8, 4) is 0 Å². The number of piperidine rings is 1. The summed E-state index contributed by atoms with van der Waals surface area (Å²) < 4.78 is 0. The van der Waals surface area contributed by atoms with Crippen molar-refractivity contribution < 1.29 is 0 Å². The van der Waals surface area contributed by atoms with Crippen molar-refractivity contribution in [3.63, 3.8) is 0 Å². The van der Waals surface area contributed by atoms with Crippen molar-refractivity contribution in [2.45, 2.75) is 59.2 Å². The Hall–Kier alpha value is -0.930. The summed E-state index contributed by atoms with van der Waals surface area (Å²) in [6, 6.07) is 5.62. The number of nitrogens with one attached hydrogen (secondary N) is 1. The number of rotatable bonds is 5. The van der Waals surface area contributed by atoms with Gasteiger partial charge >= 0.3 is 0 Å². The van der Waals surface area contributed by atoms with Crippen molar-refractivity contribution in [2.24, 2.45) is 5.92 Å². The summed E-state index contributed by atoms with van der Waals surface area (Å²) in [4.78, 5) is 7.00. The van der Waals surface area contributed by atoms with Crippen LogP contribution in [0.1, 0.15) is 44.9 Å². The summed E-state index contributed by atoms with van der Waals surface area (Å²) >= 11 is 0. The molecule has 1 saturated heterocycles. The number of pyridine rings is 1. The van der Waals surface area contributed by atoms with Gasteiger partial charge in [-0.3, -0.25) is 9.88 Å². The molecule has 20 heavy (non-hydrogen) atoms. The Morgan fingerprint density at radius 3 is 2.80 bits per heavy atom. The molecule has 3 atom stereocenters. The van der Waals surface area contributed by atoms with Gasteiger partial charge in [0.25, 0.3) is 0 Å². The fraction of sp³-hybridized carbons (Fsp3) is 0.706. The summed E-state index contributed by atoms with van der Waals surface area (Å²) in [5.41, 5.74) is 2.42. The molecule has 2 heterocycles. The number of likely N-dealkylation sites (tertiary alicyclic amines) is 1. The average molecular weight is 275 g/mol. The van der Waals surface area contributed by atoms with Crippen molar-refractivity contribution in [1.29, 1.82) is 0 Å². The summed E-state index contributed by atoms with van der Waals surface area (Å²) in [7, 11) is 0. The third-order valence-electron chi connectivity index (χ3n) is 4.71. The first-order valence-corrected chi connectivity index (χ1v) is 8.00. The highest BCUT2D eigenvalue weighted by Gasteiger charge is 2.31. The highest BCUT2D eigenvalue weighted by atomic mass is 15.2. The Kier molecular flexibility index (Phi) is 5.55. The maximum atomic E-state index is 4.41. The largest absolute Gasteiger partial charge is 0.314 e. The lowest BCUT2D eigenvalue weighted by molar-refractivity contribution is 0.0784. The maximum absolute atomic E-state index is 4.41. The molecule has 112 valence electrons. The predicted molar refractivity (Wildman–Crippen MR) is 84.7 cm³/mol. The van der Waals surface area contributed by atoms with Gasteiger partial charge < -0.3 is 5.32 Å². The van der Waals surface area contributed by atoms with E-state index in [2.05, 4.69) is 48.1 Å². The van der Waals surface area contributed by atoms with Gasteiger partial charge in [-0.25, -0.2) is 0 Å². The van der Waals surface area contributed by atoms with Crippen LogP contribution in [-0.4, -0.2) is 35.1 Å². The zero-order chi connectivity index (χ0) is 14.5. The Morgan fingerprint density at radius 1 is 1.35 bits per heavy atom. The molecular formula is C17H29N3. The molecule has 0 bridgehead atoms. The summed E-state index contributed by atoms with van der Waals surface area (Å²) in [6.07, 6.45) is 4.50. The van der Waals surface area contributed by atoms with Crippen molar-refractivity contribution >= 4 is 0 Å². The molecule has 1 aromatic heterocycles. The normalized spacial score (nSPS) is 27.7. The first-order chi connectivity index (χ1) is 9.61. The highest BCUT2D eigenvalue weighted by molar-refractivity contribution is 5.13. The van der Waals surface area contributed by atoms with Gasteiger partial charge in [-0.1, -0.05) is 19.9 Å². The Balaban J connectivity index is 1.92. The van der Waals surface area contributed by atoms with Gasteiger partial charge in [0.15, 0.2) is 0 Å². The smallest absolute Gasteiger partial charge is 0.0372 e. The second-order valence-electron chi connectivity index (χ2n) is 6.23. The fourth-order valence-corrected chi connectivity index (χ4v) is 3.11. The molecule has 0 saturated carbocycles. The fourth-order valence-electron chi connectivity index (χ4n) is 3.11. The number of hydrogen-bond donors (Lipinski definition) is 1. The highest BCUT2D eigenvalue weighted by Crippen LogP contribution is 2.25. The molecular weight excluding hydrogens is 246 g/mol. The predicted octanol–water partition coefficient (Wildman–Crippen LogP) is 2.99. The monoisotopic (exact) mass is 275 g/mol. The topological polar surface area (TPSA) is 28.2 Å². The van der Waals surface area contributed by atoms with Gasteiger partial charge in [-0.15, -0.1) is 0 Å². The second-order valence-corrected chi connectivity index (χ2v) is 6.23. The molecule has 1 aliphatic heterocycles. The van der Waals surface area contributed by atoms with Crippen molar-refractivity contribution in [1.82, 2.24) is 15.2 Å². The molecule has 3 unspecified atom stereocenters. The second kappa shape index (κ2) is 7.19. The molecule has 1 fully saturated rings. The first kappa shape index (κ1) is 15.5. The van der Waals surface area contributed by atoms with E-state index in [1.807, 2.05) is 13.1 Å². The van der Waals surface area contributed by atoms with E-state index in [0.717, 1.165) is 18.8 Å². The lowest BCUT2D eigenvalue weighted by Gasteiger charge is -2.43. The third kappa shape index (κ3) is 3.80. The molecule has 3 heteroatoms. The standard InChI is InChI=1S/C17H29N3/c1-5-9-18-17-8-10-20(15(4)14(17)3)12-16-7-6-13(2)19-11-16/h6-7,11,14-15,17-18H,5,8-10,12H2,1-4H3. The van der Waals surface area contributed by atoms with E-state index < -0.39 is 0 Å². The number of aryl methyl sites for hydroxylation is 1. The van der Waals surface area contributed by atoms with E-state index in [1.54, 1.807) is 0 Å². The summed E-state index contributed by atoms with van der Waals surface area (Å²) in [5, 5.41) is 3.70. The number of nitrogens with zero attached hydrogens (tertiary/aromatic N) is 2. The zero-order valence-corrected chi connectivity index (χ0v) is 13.4. The SMILES string of the molecule is CCCNC1CCN(Cc2ccc(C)nc2)C(C)C1C. The average Bonchev–Trinajstić information content (AvgIpc) is 2.45. The Morgan fingerprint density at radius 2 is 2.15 bits per heavy atom. The van der Waals surface area contributed by atoms with E-state index in [1.165, 1.54) is 24.9 Å². The van der Waals surface area contributed by atoms with Crippen molar-refractivity contribution in [2.75, 3.05) is 13.1 Å². The minimum Gasteiger partial charge on any atom is -0.314 e. The molecule has 1 aromatic rings. The van der Waals surface area contributed by atoms with E-state index in [0.29, 0.717) is 18.0 Å². The van der Waals surface area contributed by atoms with Crippen LogP contribution in [0.4, 0.5) is 0 Å². The minimum atomic E-state index is 0.624. The lowest BCUT2D eigenvalue weighted by atomic mass is 9.86. The minimum absolute atomic E-state index is 0.624. The van der Waals surface area contributed by atoms with E-state index in [-0.39, 0.29) is 0 Å². The molecule has 2 rings (SSSR count).